The number of pyridine rings is 1. The van der Waals surface area contributed by atoms with Crippen LogP contribution in [0.25, 0.3) is 0 Å². The number of nitrogens with zero attached hydrogens (tertiary/aromatic N) is 5. The average molecular weight is 479 g/mol. The molecule has 0 aromatic carbocycles. The van der Waals surface area contributed by atoms with E-state index in [4.69, 9.17) is 10.3 Å². The van der Waals surface area contributed by atoms with Gasteiger partial charge in [0.15, 0.2) is 5.82 Å². The predicted molar refractivity (Wildman–Crippen MR) is 138 cm³/mol. The van der Waals surface area contributed by atoms with Crippen molar-refractivity contribution in [1.82, 2.24) is 25.0 Å². The van der Waals surface area contributed by atoms with Crippen molar-refractivity contribution in [3.63, 3.8) is 0 Å². The third-order valence-corrected chi connectivity index (χ3v) is 4.85. The molecule has 0 atom stereocenters. The van der Waals surface area contributed by atoms with Crippen LogP contribution in [0.1, 0.15) is 58.4 Å². The Kier molecular flexibility index (Phi) is 10.2. The van der Waals surface area contributed by atoms with Gasteiger partial charge in [0.25, 0.3) is 0 Å². The molecule has 0 aliphatic heterocycles. The first-order valence-electron chi connectivity index (χ1n) is 11.5. The van der Waals surface area contributed by atoms with E-state index in [0.717, 1.165) is 0 Å². The zero-order valence-electron chi connectivity index (χ0n) is 21.2. The van der Waals surface area contributed by atoms with Crippen LogP contribution in [0, 0.1) is 11.8 Å². The van der Waals surface area contributed by atoms with Gasteiger partial charge in [-0.1, -0.05) is 58.5 Å². The first-order chi connectivity index (χ1) is 16.6. The number of anilines is 3. The number of amides is 2. The molecule has 2 amide bonds. The largest absolute Gasteiger partial charge is 0.368 e. The number of carbonyl (C=O) groups is 1. The lowest BCUT2D eigenvalue weighted by molar-refractivity contribution is 0.262. The monoisotopic (exact) mass is 478 g/mol. The lowest BCUT2D eigenvalue weighted by Gasteiger charge is -2.13. The number of nitrogen functional groups attached to an aromatic ring is 1. The smallest absolute Gasteiger partial charge is 0.324 e. The third-order valence-electron chi connectivity index (χ3n) is 4.85. The number of hydrogen-bond acceptors (Lipinski definition) is 8. The molecule has 3 rings (SSSR count). The van der Waals surface area contributed by atoms with E-state index in [1.807, 2.05) is 20.8 Å². The zero-order valence-corrected chi connectivity index (χ0v) is 21.2. The third kappa shape index (κ3) is 9.43. The first kappa shape index (κ1) is 27.3. The van der Waals surface area contributed by atoms with Gasteiger partial charge in [-0.25, -0.2) is 14.8 Å². The van der Waals surface area contributed by atoms with Gasteiger partial charge in [0.1, 0.15) is 5.76 Å². The molecule has 10 heteroatoms. The van der Waals surface area contributed by atoms with Gasteiger partial charge in [-0.2, -0.15) is 0 Å². The van der Waals surface area contributed by atoms with Crippen molar-refractivity contribution in [2.75, 3.05) is 36.0 Å². The van der Waals surface area contributed by atoms with Gasteiger partial charge in [-0.3, -0.25) is 10.3 Å². The maximum atomic E-state index is 12.2. The fourth-order valence-corrected chi connectivity index (χ4v) is 2.76. The Morgan fingerprint density at radius 3 is 2.14 bits per heavy atom. The summed E-state index contributed by atoms with van der Waals surface area (Å²) in [6.45, 7) is 16.1. The molecular weight excluding hydrogens is 444 g/mol. The maximum Gasteiger partial charge on any atom is 0.324 e. The number of aromatic nitrogens is 4. The molecule has 3 heterocycles. The van der Waals surface area contributed by atoms with Crippen molar-refractivity contribution in [3.8, 4) is 11.8 Å². The Hall–Kier alpha value is -3.97. The van der Waals surface area contributed by atoms with E-state index in [1.54, 1.807) is 18.3 Å². The summed E-state index contributed by atoms with van der Waals surface area (Å²) >= 11 is 0. The molecule has 0 radical (unpaired) electrons. The van der Waals surface area contributed by atoms with E-state index in [0.29, 0.717) is 28.4 Å². The van der Waals surface area contributed by atoms with Gasteiger partial charge in [0, 0.05) is 35.6 Å². The van der Waals surface area contributed by atoms with E-state index in [-0.39, 0.29) is 11.4 Å². The second-order valence-electron chi connectivity index (χ2n) is 8.57. The van der Waals surface area contributed by atoms with Gasteiger partial charge in [0.05, 0.1) is 17.4 Å². The molecule has 3 aromatic heterocycles. The highest BCUT2D eigenvalue weighted by Crippen LogP contribution is 2.24. The van der Waals surface area contributed by atoms with E-state index in [9.17, 15) is 4.79 Å². The Labute approximate surface area is 206 Å². The minimum atomic E-state index is -0.465. The molecule has 0 bridgehead atoms. The topological polar surface area (TPSA) is 135 Å². The number of nitrogens with two attached hydrogens (primary N) is 1. The van der Waals surface area contributed by atoms with Crippen LogP contribution >= 0.6 is 0 Å². The Morgan fingerprint density at radius 1 is 0.971 bits per heavy atom. The highest BCUT2D eigenvalue weighted by molar-refractivity contribution is 5.99. The van der Waals surface area contributed by atoms with Crippen LogP contribution in [0.4, 0.5) is 22.2 Å². The fraction of sp³-hybridized carbons (Fsp3) is 0.400. The standard InChI is InChI=1S/C19H19N7O2.C6H15N/c1-19(2,3)15-7-16(26-28-15)25-18(27)24-14-6-12(8-21-11-14)4-5-13-9-22-17(20)23-10-13;1-4-7(5-2)6-3/h6-11H,1-3H3,(H2,20,22,23)(H2,24,25,26,27);4-6H2,1-3H3. The molecule has 0 saturated heterocycles. The number of nitrogens with one attached hydrogen (secondary N) is 2. The Bertz CT molecular complexity index is 1130. The summed E-state index contributed by atoms with van der Waals surface area (Å²) < 4.78 is 5.24. The van der Waals surface area contributed by atoms with E-state index >= 15 is 0 Å². The van der Waals surface area contributed by atoms with Crippen molar-refractivity contribution < 1.29 is 9.32 Å². The Morgan fingerprint density at radius 2 is 1.60 bits per heavy atom. The van der Waals surface area contributed by atoms with Crippen LogP contribution in [0.2, 0.25) is 0 Å². The van der Waals surface area contributed by atoms with Crippen LogP contribution < -0.4 is 16.4 Å². The molecule has 186 valence electrons. The van der Waals surface area contributed by atoms with Gasteiger partial charge >= 0.3 is 6.03 Å². The molecule has 0 saturated carbocycles. The lowest BCUT2D eigenvalue weighted by atomic mass is 9.93. The SMILES string of the molecule is CC(C)(C)c1cc(NC(=O)Nc2cncc(C#Cc3cnc(N)nc3)c2)no1.CCN(CC)CC. The van der Waals surface area contributed by atoms with Crippen LogP contribution in [0.15, 0.2) is 41.4 Å². The average Bonchev–Trinajstić information content (AvgIpc) is 3.29. The molecule has 0 spiro atoms. The molecule has 4 N–H and O–H groups in total. The first-order valence-corrected chi connectivity index (χ1v) is 11.5. The summed E-state index contributed by atoms with van der Waals surface area (Å²) in [4.78, 5) is 26.4. The van der Waals surface area contributed by atoms with Crippen molar-refractivity contribution in [2.45, 2.75) is 47.0 Å². The molecule has 0 aliphatic carbocycles. The molecule has 35 heavy (non-hydrogen) atoms. The summed E-state index contributed by atoms with van der Waals surface area (Å²) in [5, 5.41) is 9.14. The highest BCUT2D eigenvalue weighted by atomic mass is 16.5. The quantitative estimate of drug-likeness (QED) is 0.466. The predicted octanol–water partition coefficient (Wildman–Crippen LogP) is 4.13. The summed E-state index contributed by atoms with van der Waals surface area (Å²) in [7, 11) is 0. The highest BCUT2D eigenvalue weighted by Gasteiger charge is 2.20. The summed E-state index contributed by atoms with van der Waals surface area (Å²) in [6, 6.07) is 2.92. The van der Waals surface area contributed by atoms with Crippen molar-refractivity contribution in [3.05, 3.63) is 53.8 Å². The summed E-state index contributed by atoms with van der Waals surface area (Å²) in [5.74, 6) is 7.02. The molecular formula is C25H34N8O2. The second-order valence-corrected chi connectivity index (χ2v) is 8.57. The van der Waals surface area contributed by atoms with E-state index in [1.165, 1.54) is 38.2 Å². The molecule has 0 fully saturated rings. The summed E-state index contributed by atoms with van der Waals surface area (Å²) in [6.07, 6.45) is 6.16. The fourth-order valence-electron chi connectivity index (χ4n) is 2.76. The van der Waals surface area contributed by atoms with Crippen LogP contribution in [-0.2, 0) is 5.41 Å². The molecule has 0 aliphatic rings. The number of rotatable bonds is 5. The minimum Gasteiger partial charge on any atom is -0.368 e. The minimum absolute atomic E-state index is 0.186. The number of hydrogen-bond donors (Lipinski definition) is 3. The van der Waals surface area contributed by atoms with E-state index in [2.05, 4.69) is 68.3 Å². The number of urea groups is 1. The van der Waals surface area contributed by atoms with Crippen molar-refractivity contribution in [2.24, 2.45) is 0 Å². The molecule has 3 aromatic rings. The van der Waals surface area contributed by atoms with Gasteiger partial charge < -0.3 is 20.5 Å². The van der Waals surface area contributed by atoms with Gasteiger partial charge in [-0.15, -0.1) is 0 Å². The zero-order chi connectivity index (χ0) is 25.8. The normalized spacial score (nSPS) is 10.6. The van der Waals surface area contributed by atoms with Crippen molar-refractivity contribution in [1.29, 1.82) is 0 Å². The van der Waals surface area contributed by atoms with Crippen LogP contribution in [0.3, 0.4) is 0 Å². The second kappa shape index (κ2) is 13.1. The lowest BCUT2D eigenvalue weighted by Crippen LogP contribution is -2.21. The maximum absolute atomic E-state index is 12.2. The summed E-state index contributed by atoms with van der Waals surface area (Å²) in [5.41, 5.74) is 6.96. The molecule has 0 unspecified atom stereocenters. The van der Waals surface area contributed by atoms with Crippen molar-refractivity contribution >= 4 is 23.5 Å². The van der Waals surface area contributed by atoms with Gasteiger partial charge in [0.2, 0.25) is 5.95 Å². The van der Waals surface area contributed by atoms with Gasteiger partial charge in [-0.05, 0) is 25.7 Å². The van der Waals surface area contributed by atoms with Crippen LogP contribution in [-0.4, -0.2) is 50.7 Å². The van der Waals surface area contributed by atoms with Crippen LogP contribution in [0.5, 0.6) is 0 Å². The molecule has 10 nitrogen and oxygen atoms in total. The number of carbonyl (C=O) groups excluding carboxylic acids is 1. The Balaban J connectivity index is 0.000000540. The van der Waals surface area contributed by atoms with E-state index < -0.39 is 6.03 Å².